The van der Waals surface area contributed by atoms with Crippen LogP contribution in [0.5, 0.6) is 0 Å². The molecule has 2 fully saturated rings. The lowest BCUT2D eigenvalue weighted by molar-refractivity contribution is -0.121. The predicted molar refractivity (Wildman–Crippen MR) is 109 cm³/mol. The summed E-state index contributed by atoms with van der Waals surface area (Å²) in [6.45, 7) is 1.59. The van der Waals surface area contributed by atoms with Crippen molar-refractivity contribution < 1.29 is 14.4 Å². The van der Waals surface area contributed by atoms with E-state index in [1.165, 1.54) is 19.3 Å². The number of amides is 4. The number of hydrogen-bond acceptors (Lipinski definition) is 4. The maximum absolute atomic E-state index is 12.4. The first-order valence-electron chi connectivity index (χ1n) is 10.7. The molecule has 0 unspecified atom stereocenters. The minimum Gasteiger partial charge on any atom is -0.352 e. The number of carbonyl (C=O) groups excluding carboxylic acids is 3. The molecule has 158 valence electrons. The fourth-order valence-corrected chi connectivity index (χ4v) is 3.95. The predicted octanol–water partition coefficient (Wildman–Crippen LogP) is 1.82. The van der Waals surface area contributed by atoms with Crippen LogP contribution in [-0.4, -0.2) is 59.4 Å². The average molecular weight is 402 g/mol. The van der Waals surface area contributed by atoms with Crippen LogP contribution in [0.25, 0.3) is 0 Å². The van der Waals surface area contributed by atoms with E-state index in [0.29, 0.717) is 38.2 Å². The zero-order valence-corrected chi connectivity index (χ0v) is 16.9. The van der Waals surface area contributed by atoms with Crippen LogP contribution >= 0.6 is 0 Å². The van der Waals surface area contributed by atoms with Gasteiger partial charge in [-0.25, -0.2) is 4.79 Å². The van der Waals surface area contributed by atoms with Gasteiger partial charge < -0.3 is 20.9 Å². The van der Waals surface area contributed by atoms with Gasteiger partial charge in [0.2, 0.25) is 5.91 Å². The Labute approximate surface area is 171 Å². The average Bonchev–Trinajstić information content (AvgIpc) is 3.20. The van der Waals surface area contributed by atoms with E-state index in [0.717, 1.165) is 19.3 Å². The Bertz CT molecular complexity index is 691. The number of pyridine rings is 1. The summed E-state index contributed by atoms with van der Waals surface area (Å²) in [5.41, 5.74) is 0.428. The van der Waals surface area contributed by atoms with Crippen LogP contribution < -0.4 is 16.0 Å². The molecule has 1 saturated carbocycles. The third-order valence-electron chi connectivity index (χ3n) is 5.53. The van der Waals surface area contributed by atoms with E-state index in [2.05, 4.69) is 20.9 Å². The lowest BCUT2D eigenvalue weighted by Gasteiger charge is -2.22. The molecule has 0 bridgehead atoms. The first kappa shape index (κ1) is 21.1. The van der Waals surface area contributed by atoms with E-state index >= 15 is 0 Å². The van der Waals surface area contributed by atoms with Gasteiger partial charge in [-0.05, 0) is 37.8 Å². The number of aromatic nitrogens is 1. The maximum Gasteiger partial charge on any atom is 0.315 e. The highest BCUT2D eigenvalue weighted by atomic mass is 16.2. The molecule has 1 atom stereocenters. The standard InChI is InChI=1S/C21H31N5O3/c27-19(10-6-13-23-21(29)25-16-7-2-1-3-8-16)24-17-11-14-26(15-17)20(28)18-9-4-5-12-22-18/h4-5,9,12,16-17H,1-3,6-8,10-11,13-15H2,(H,24,27)(H2,23,25,29)/t17-/m0/s1. The topological polar surface area (TPSA) is 103 Å². The summed E-state index contributed by atoms with van der Waals surface area (Å²) in [5, 5.41) is 8.82. The summed E-state index contributed by atoms with van der Waals surface area (Å²) in [7, 11) is 0. The smallest absolute Gasteiger partial charge is 0.315 e. The van der Waals surface area contributed by atoms with Gasteiger partial charge in [-0.15, -0.1) is 0 Å². The Balaban J connectivity index is 1.28. The Kier molecular flexibility index (Phi) is 7.84. The van der Waals surface area contributed by atoms with Crippen molar-refractivity contribution in [3.8, 4) is 0 Å². The summed E-state index contributed by atoms with van der Waals surface area (Å²) in [4.78, 5) is 42.3. The highest BCUT2D eigenvalue weighted by Gasteiger charge is 2.28. The van der Waals surface area contributed by atoms with Crippen molar-refractivity contribution in [3.05, 3.63) is 30.1 Å². The molecule has 0 radical (unpaired) electrons. The summed E-state index contributed by atoms with van der Waals surface area (Å²) < 4.78 is 0. The largest absolute Gasteiger partial charge is 0.352 e. The number of carbonyl (C=O) groups is 3. The van der Waals surface area contributed by atoms with Gasteiger partial charge in [0, 0.05) is 44.3 Å². The van der Waals surface area contributed by atoms with Crippen LogP contribution in [0, 0.1) is 0 Å². The van der Waals surface area contributed by atoms with E-state index in [-0.39, 0.29) is 29.9 Å². The van der Waals surface area contributed by atoms with Crippen molar-refractivity contribution in [2.24, 2.45) is 0 Å². The molecule has 0 aromatic carbocycles. The van der Waals surface area contributed by atoms with Crippen LogP contribution in [0.4, 0.5) is 4.79 Å². The number of hydrogen-bond donors (Lipinski definition) is 3. The first-order valence-corrected chi connectivity index (χ1v) is 10.7. The molecule has 1 aromatic rings. The molecule has 0 spiro atoms. The van der Waals surface area contributed by atoms with E-state index in [1.807, 2.05) is 0 Å². The SMILES string of the molecule is O=C(CCCNC(=O)NC1CCCCC1)N[C@H]1CCN(C(=O)c2ccccn2)C1. The Morgan fingerprint density at radius 1 is 1.03 bits per heavy atom. The highest BCUT2D eigenvalue weighted by molar-refractivity contribution is 5.92. The molecule has 3 rings (SSSR count). The Hall–Kier alpha value is -2.64. The first-order chi connectivity index (χ1) is 14.1. The molecule has 29 heavy (non-hydrogen) atoms. The van der Waals surface area contributed by atoms with Gasteiger partial charge in [-0.3, -0.25) is 14.6 Å². The number of rotatable bonds is 7. The van der Waals surface area contributed by atoms with Gasteiger partial charge in [-0.1, -0.05) is 25.3 Å². The summed E-state index contributed by atoms with van der Waals surface area (Å²) in [5.74, 6) is -0.146. The lowest BCUT2D eigenvalue weighted by atomic mass is 9.96. The number of urea groups is 1. The molecule has 2 aliphatic rings. The second-order valence-corrected chi connectivity index (χ2v) is 7.86. The Morgan fingerprint density at radius 2 is 1.86 bits per heavy atom. The van der Waals surface area contributed by atoms with Crippen LogP contribution in [-0.2, 0) is 4.79 Å². The van der Waals surface area contributed by atoms with Crippen molar-refractivity contribution in [2.45, 2.75) is 63.5 Å². The van der Waals surface area contributed by atoms with Crippen molar-refractivity contribution in [1.29, 1.82) is 0 Å². The molecule has 1 saturated heterocycles. The molecule has 2 heterocycles. The maximum atomic E-state index is 12.4. The normalized spacial score (nSPS) is 19.6. The second kappa shape index (κ2) is 10.8. The minimum atomic E-state index is -0.142. The van der Waals surface area contributed by atoms with Gasteiger partial charge in [0.05, 0.1) is 0 Å². The lowest BCUT2D eigenvalue weighted by Crippen LogP contribution is -2.43. The molecule has 1 aliphatic heterocycles. The van der Waals surface area contributed by atoms with E-state index in [4.69, 9.17) is 0 Å². The Morgan fingerprint density at radius 3 is 2.62 bits per heavy atom. The zero-order valence-electron chi connectivity index (χ0n) is 16.9. The van der Waals surface area contributed by atoms with Crippen molar-refractivity contribution in [2.75, 3.05) is 19.6 Å². The van der Waals surface area contributed by atoms with Crippen molar-refractivity contribution >= 4 is 17.8 Å². The van der Waals surface area contributed by atoms with Crippen LogP contribution in [0.1, 0.15) is 61.9 Å². The number of likely N-dealkylation sites (tertiary alicyclic amines) is 1. The molecule has 8 nitrogen and oxygen atoms in total. The monoisotopic (exact) mass is 401 g/mol. The molecule has 1 aromatic heterocycles. The summed E-state index contributed by atoms with van der Waals surface area (Å²) in [6, 6.07) is 5.38. The van der Waals surface area contributed by atoms with Gasteiger partial charge in [0.15, 0.2) is 0 Å². The van der Waals surface area contributed by atoms with Gasteiger partial charge in [0.25, 0.3) is 5.91 Å². The van der Waals surface area contributed by atoms with E-state index < -0.39 is 0 Å². The number of nitrogens with zero attached hydrogens (tertiary/aromatic N) is 2. The third kappa shape index (κ3) is 6.73. The summed E-state index contributed by atoms with van der Waals surface area (Å²) in [6.07, 6.45) is 9.01. The summed E-state index contributed by atoms with van der Waals surface area (Å²) >= 11 is 0. The molecular weight excluding hydrogens is 370 g/mol. The fraction of sp³-hybridized carbons (Fsp3) is 0.619. The van der Waals surface area contributed by atoms with Crippen LogP contribution in [0.3, 0.4) is 0 Å². The third-order valence-corrected chi connectivity index (χ3v) is 5.53. The minimum absolute atomic E-state index is 0.0299. The fourth-order valence-electron chi connectivity index (χ4n) is 3.95. The zero-order chi connectivity index (χ0) is 20.5. The number of nitrogens with one attached hydrogen (secondary N) is 3. The van der Waals surface area contributed by atoms with Gasteiger partial charge >= 0.3 is 6.03 Å². The van der Waals surface area contributed by atoms with Crippen molar-refractivity contribution in [1.82, 2.24) is 25.8 Å². The van der Waals surface area contributed by atoms with Crippen LogP contribution in [0.2, 0.25) is 0 Å². The second-order valence-electron chi connectivity index (χ2n) is 7.86. The van der Waals surface area contributed by atoms with Gasteiger partial charge in [-0.2, -0.15) is 0 Å². The highest BCUT2D eigenvalue weighted by Crippen LogP contribution is 2.17. The molecule has 8 heteroatoms. The quantitative estimate of drug-likeness (QED) is 0.606. The molecule has 1 aliphatic carbocycles. The van der Waals surface area contributed by atoms with Crippen LogP contribution in [0.15, 0.2) is 24.4 Å². The van der Waals surface area contributed by atoms with Gasteiger partial charge in [0.1, 0.15) is 5.69 Å². The van der Waals surface area contributed by atoms with Crippen molar-refractivity contribution in [3.63, 3.8) is 0 Å². The molecular formula is C21H31N5O3. The molecule has 3 N–H and O–H groups in total. The molecule has 4 amide bonds. The van der Waals surface area contributed by atoms with E-state index in [1.54, 1.807) is 29.3 Å². The van der Waals surface area contributed by atoms with E-state index in [9.17, 15) is 14.4 Å².